The van der Waals surface area contributed by atoms with Crippen LogP contribution in [0.5, 0.6) is 0 Å². The van der Waals surface area contributed by atoms with E-state index in [0.717, 1.165) is 26.1 Å². The van der Waals surface area contributed by atoms with Crippen LogP contribution in [-0.2, 0) is 14.3 Å². The summed E-state index contributed by atoms with van der Waals surface area (Å²) in [6, 6.07) is 0. The van der Waals surface area contributed by atoms with E-state index in [2.05, 4.69) is 5.32 Å². The van der Waals surface area contributed by atoms with Crippen LogP contribution in [0.4, 0.5) is 0 Å². The molecule has 0 bridgehead atoms. The molecule has 1 heterocycles. The molecule has 4 heteroatoms. The van der Waals surface area contributed by atoms with Crippen LogP contribution in [0.3, 0.4) is 0 Å². The molecule has 74 valence electrons. The molecule has 2 fully saturated rings. The third-order valence-corrected chi connectivity index (χ3v) is 3.22. The topological polar surface area (TPSA) is 47.6 Å². The Balaban J connectivity index is 2.01. The summed E-state index contributed by atoms with van der Waals surface area (Å²) < 4.78 is 9.92. The minimum atomic E-state index is -0.432. The third-order valence-electron chi connectivity index (χ3n) is 3.22. The fourth-order valence-electron chi connectivity index (χ4n) is 2.44. The second kappa shape index (κ2) is 2.69. The van der Waals surface area contributed by atoms with Crippen molar-refractivity contribution in [3.63, 3.8) is 0 Å². The maximum absolute atomic E-state index is 11.4. The van der Waals surface area contributed by atoms with Crippen LogP contribution in [0, 0.1) is 5.41 Å². The van der Waals surface area contributed by atoms with E-state index in [0.29, 0.717) is 0 Å². The summed E-state index contributed by atoms with van der Waals surface area (Å²) in [4.78, 5) is 11.4. The largest absolute Gasteiger partial charge is 0.468 e. The molecule has 2 aliphatic rings. The van der Waals surface area contributed by atoms with Gasteiger partial charge in [-0.1, -0.05) is 0 Å². The smallest absolute Gasteiger partial charge is 0.326 e. The average molecular weight is 185 g/mol. The monoisotopic (exact) mass is 185 g/mol. The maximum atomic E-state index is 11.4. The molecule has 0 unspecified atom stereocenters. The summed E-state index contributed by atoms with van der Waals surface area (Å²) in [6.07, 6.45) is 1.70. The van der Waals surface area contributed by atoms with E-state index >= 15 is 0 Å². The quantitative estimate of drug-likeness (QED) is 0.612. The molecule has 1 aliphatic carbocycles. The number of rotatable bonds is 2. The minimum absolute atomic E-state index is 0.146. The molecule has 0 amide bonds. The molecule has 1 spiro atoms. The van der Waals surface area contributed by atoms with E-state index in [9.17, 15) is 4.79 Å². The summed E-state index contributed by atoms with van der Waals surface area (Å²) >= 11 is 0. The van der Waals surface area contributed by atoms with Crippen LogP contribution in [0.25, 0.3) is 0 Å². The molecule has 13 heavy (non-hydrogen) atoms. The minimum Gasteiger partial charge on any atom is -0.468 e. The molecular formula is C9H15NO3. The highest BCUT2D eigenvalue weighted by molar-refractivity contribution is 5.82. The Hall–Kier alpha value is -0.610. The van der Waals surface area contributed by atoms with Crippen LogP contribution in [0.1, 0.15) is 12.8 Å². The van der Waals surface area contributed by atoms with Crippen molar-refractivity contribution in [3.05, 3.63) is 0 Å². The van der Waals surface area contributed by atoms with Crippen molar-refractivity contribution in [1.82, 2.24) is 5.32 Å². The van der Waals surface area contributed by atoms with Gasteiger partial charge in [-0.3, -0.25) is 4.79 Å². The van der Waals surface area contributed by atoms with Crippen molar-refractivity contribution < 1.29 is 14.3 Å². The number of likely N-dealkylation sites (N-methyl/N-ethyl adjacent to an activating group) is 1. The van der Waals surface area contributed by atoms with Gasteiger partial charge in [-0.25, -0.2) is 0 Å². The lowest BCUT2D eigenvalue weighted by Gasteiger charge is -2.58. The van der Waals surface area contributed by atoms with E-state index in [1.165, 1.54) is 7.11 Å². The molecule has 0 aromatic carbocycles. The molecular weight excluding hydrogens is 170 g/mol. The number of methoxy groups -OCH3 is 1. The Kier molecular flexibility index (Phi) is 1.85. The van der Waals surface area contributed by atoms with Gasteiger partial charge in [0, 0.05) is 5.41 Å². The first-order chi connectivity index (χ1) is 6.16. The predicted octanol–water partition coefficient (Wildman–Crippen LogP) is -0.0720. The number of carbonyl (C=O) groups is 1. The van der Waals surface area contributed by atoms with Gasteiger partial charge in [0.15, 0.2) is 0 Å². The zero-order valence-electron chi connectivity index (χ0n) is 8.05. The number of nitrogens with one attached hydrogen (secondary N) is 1. The standard InChI is InChI=1S/C9H15NO3/c1-10-9(7(11)12-2)3-8(4-9)5-13-6-8/h10H,3-6H2,1-2H3. The molecule has 4 nitrogen and oxygen atoms in total. The van der Waals surface area contributed by atoms with Crippen molar-refractivity contribution in [2.75, 3.05) is 27.4 Å². The van der Waals surface area contributed by atoms with Crippen molar-refractivity contribution >= 4 is 5.97 Å². The molecule has 1 aliphatic heterocycles. The maximum Gasteiger partial charge on any atom is 0.326 e. The highest BCUT2D eigenvalue weighted by atomic mass is 16.5. The van der Waals surface area contributed by atoms with Crippen LogP contribution < -0.4 is 5.32 Å². The van der Waals surface area contributed by atoms with Crippen molar-refractivity contribution in [3.8, 4) is 0 Å². The first-order valence-corrected chi connectivity index (χ1v) is 4.52. The van der Waals surface area contributed by atoms with Gasteiger partial charge < -0.3 is 14.8 Å². The lowest BCUT2D eigenvalue weighted by atomic mass is 9.56. The van der Waals surface area contributed by atoms with Gasteiger partial charge >= 0.3 is 5.97 Å². The second-order valence-corrected chi connectivity index (χ2v) is 4.17. The zero-order chi connectivity index (χ0) is 9.53. The van der Waals surface area contributed by atoms with E-state index < -0.39 is 5.54 Å². The first kappa shape index (κ1) is 8.97. The van der Waals surface area contributed by atoms with Gasteiger partial charge in [0.1, 0.15) is 5.54 Å². The van der Waals surface area contributed by atoms with Crippen LogP contribution in [0.2, 0.25) is 0 Å². The molecule has 1 saturated carbocycles. The summed E-state index contributed by atoms with van der Waals surface area (Å²) in [5.74, 6) is -0.146. The molecule has 0 atom stereocenters. The third kappa shape index (κ3) is 1.09. The van der Waals surface area contributed by atoms with E-state index in [4.69, 9.17) is 9.47 Å². The van der Waals surface area contributed by atoms with Gasteiger partial charge in [-0.15, -0.1) is 0 Å². The normalized spacial score (nSPS) is 27.5. The SMILES string of the molecule is CNC1(C(=O)OC)CC2(COC2)C1. The highest BCUT2D eigenvalue weighted by Crippen LogP contribution is 2.53. The van der Waals surface area contributed by atoms with Crippen molar-refractivity contribution in [2.24, 2.45) is 5.41 Å². The highest BCUT2D eigenvalue weighted by Gasteiger charge is 2.62. The molecule has 0 aromatic heterocycles. The van der Waals surface area contributed by atoms with Crippen LogP contribution >= 0.6 is 0 Å². The summed E-state index contributed by atoms with van der Waals surface area (Å²) in [7, 11) is 3.24. The lowest BCUT2D eigenvalue weighted by molar-refractivity contribution is -0.205. The van der Waals surface area contributed by atoms with Gasteiger partial charge in [0.05, 0.1) is 20.3 Å². The van der Waals surface area contributed by atoms with E-state index in [-0.39, 0.29) is 11.4 Å². The Labute approximate surface area is 77.6 Å². The Bertz CT molecular complexity index is 227. The summed E-state index contributed by atoms with van der Waals surface area (Å²) in [5, 5.41) is 3.06. The number of hydrogen-bond donors (Lipinski definition) is 1. The van der Waals surface area contributed by atoms with Gasteiger partial charge in [-0.05, 0) is 19.9 Å². The Morgan fingerprint density at radius 2 is 2.08 bits per heavy atom. The van der Waals surface area contributed by atoms with Crippen molar-refractivity contribution in [1.29, 1.82) is 0 Å². The molecule has 2 rings (SSSR count). The van der Waals surface area contributed by atoms with E-state index in [1.807, 2.05) is 7.05 Å². The van der Waals surface area contributed by atoms with Crippen LogP contribution in [0.15, 0.2) is 0 Å². The number of esters is 1. The zero-order valence-corrected chi connectivity index (χ0v) is 8.05. The molecule has 0 aromatic rings. The van der Waals surface area contributed by atoms with Gasteiger partial charge in [0.2, 0.25) is 0 Å². The van der Waals surface area contributed by atoms with Crippen molar-refractivity contribution in [2.45, 2.75) is 18.4 Å². The fraction of sp³-hybridized carbons (Fsp3) is 0.889. The summed E-state index contributed by atoms with van der Waals surface area (Å²) in [5.41, 5.74) is -0.157. The second-order valence-electron chi connectivity index (χ2n) is 4.17. The van der Waals surface area contributed by atoms with E-state index in [1.54, 1.807) is 0 Å². The Morgan fingerprint density at radius 1 is 1.46 bits per heavy atom. The van der Waals surface area contributed by atoms with Gasteiger partial charge in [-0.2, -0.15) is 0 Å². The number of hydrogen-bond acceptors (Lipinski definition) is 4. The average Bonchev–Trinajstić information content (AvgIpc) is 2.00. The molecule has 1 N–H and O–H groups in total. The first-order valence-electron chi connectivity index (χ1n) is 4.52. The summed E-state index contributed by atoms with van der Waals surface area (Å²) in [6.45, 7) is 1.60. The Morgan fingerprint density at radius 3 is 2.38 bits per heavy atom. The number of carbonyl (C=O) groups excluding carboxylic acids is 1. The molecule has 1 saturated heterocycles. The van der Waals surface area contributed by atoms with Crippen LogP contribution in [-0.4, -0.2) is 38.9 Å². The fourth-order valence-corrected chi connectivity index (χ4v) is 2.44. The molecule has 0 radical (unpaired) electrons. The van der Waals surface area contributed by atoms with Gasteiger partial charge in [0.25, 0.3) is 0 Å². The lowest BCUT2D eigenvalue weighted by Crippen LogP contribution is -2.69. The number of ether oxygens (including phenoxy) is 2. The predicted molar refractivity (Wildman–Crippen MR) is 46.3 cm³/mol.